The number of benzene rings is 1. The Labute approximate surface area is 172 Å². The maximum atomic E-state index is 13.0. The number of aryl methyl sites for hydroxylation is 1. The minimum absolute atomic E-state index is 0.0952. The second kappa shape index (κ2) is 8.10. The fraction of sp³-hybridized carbons (Fsp3) is 0.273. The largest absolute Gasteiger partial charge is 0.361 e. The number of aromatic amines is 1. The van der Waals surface area contributed by atoms with E-state index >= 15 is 0 Å². The number of unbranched alkanes of at least 4 members (excludes halogenated alkanes) is 1. The van der Waals surface area contributed by atoms with E-state index in [9.17, 15) is 14.9 Å². The van der Waals surface area contributed by atoms with Crippen molar-refractivity contribution in [1.29, 1.82) is 5.26 Å². The molecule has 1 aliphatic rings. The number of carbonyl (C=O) groups excluding carboxylic acids is 2. The third-order valence-electron chi connectivity index (χ3n) is 4.98. The summed E-state index contributed by atoms with van der Waals surface area (Å²) in [6, 6.07) is 13.2. The number of nitrogens with one attached hydrogen (secondary N) is 1. The average Bonchev–Trinajstić information content (AvgIpc) is 3.30. The summed E-state index contributed by atoms with van der Waals surface area (Å²) in [7, 11) is 0. The number of H-pyrrole nitrogens is 1. The van der Waals surface area contributed by atoms with E-state index in [1.54, 1.807) is 12.1 Å². The quantitative estimate of drug-likeness (QED) is 0.622. The molecular formula is C22H20N4O2S. The van der Waals surface area contributed by atoms with Crippen molar-refractivity contribution in [3.05, 3.63) is 53.9 Å². The first kappa shape index (κ1) is 19.2. The van der Waals surface area contributed by atoms with E-state index < -0.39 is 5.25 Å². The van der Waals surface area contributed by atoms with Gasteiger partial charge in [0.2, 0.25) is 11.8 Å². The Morgan fingerprint density at radius 2 is 2.14 bits per heavy atom. The molecule has 1 saturated heterocycles. The normalized spacial score (nSPS) is 16.6. The second-order valence-electron chi connectivity index (χ2n) is 7.00. The number of nitrogens with zero attached hydrogens (tertiary/aromatic N) is 3. The lowest BCUT2D eigenvalue weighted by molar-refractivity contribution is -0.121. The highest BCUT2D eigenvalue weighted by atomic mass is 32.2. The molecule has 3 heterocycles. The maximum Gasteiger partial charge on any atom is 0.247 e. The molecule has 0 bridgehead atoms. The van der Waals surface area contributed by atoms with Gasteiger partial charge in [-0.1, -0.05) is 31.2 Å². The van der Waals surface area contributed by atoms with Gasteiger partial charge in [-0.3, -0.25) is 9.59 Å². The fourth-order valence-electron chi connectivity index (χ4n) is 3.43. The Balaban J connectivity index is 1.58. The minimum Gasteiger partial charge on any atom is -0.361 e. The van der Waals surface area contributed by atoms with Gasteiger partial charge >= 0.3 is 0 Å². The van der Waals surface area contributed by atoms with Gasteiger partial charge in [-0.25, -0.2) is 9.88 Å². The molecule has 0 radical (unpaired) electrons. The monoisotopic (exact) mass is 404 g/mol. The van der Waals surface area contributed by atoms with Gasteiger partial charge in [-0.2, -0.15) is 5.26 Å². The zero-order chi connectivity index (χ0) is 20.4. The Kier molecular flexibility index (Phi) is 5.36. The van der Waals surface area contributed by atoms with Gasteiger partial charge in [0, 0.05) is 23.8 Å². The standard InChI is InChI=1S/C22H20N4O2S/c1-2-3-4-16-7-5-15(13-23)21(25-16)29-19-12-20(27)26(22(19)28)17-8-6-14-9-10-24-18(14)11-17/h5-11,19,24H,2-4,12H2,1H3. The van der Waals surface area contributed by atoms with Crippen LogP contribution in [0.15, 0.2) is 47.6 Å². The number of imide groups is 1. The number of fused-ring (bicyclic) bond motifs is 1. The van der Waals surface area contributed by atoms with Crippen molar-refractivity contribution < 1.29 is 9.59 Å². The first-order valence-corrected chi connectivity index (χ1v) is 10.5. The molecule has 1 aromatic carbocycles. The van der Waals surface area contributed by atoms with Crippen LogP contribution < -0.4 is 4.90 Å². The van der Waals surface area contributed by atoms with Gasteiger partial charge in [-0.15, -0.1) is 0 Å². The van der Waals surface area contributed by atoms with Crippen LogP contribution in [0.5, 0.6) is 0 Å². The van der Waals surface area contributed by atoms with Crippen molar-refractivity contribution in [2.75, 3.05) is 4.90 Å². The summed E-state index contributed by atoms with van der Waals surface area (Å²) in [5.41, 5.74) is 2.76. The van der Waals surface area contributed by atoms with Crippen LogP contribution in [0.2, 0.25) is 0 Å². The Bertz CT molecular complexity index is 1130. The first-order valence-electron chi connectivity index (χ1n) is 9.61. The molecular weight excluding hydrogens is 384 g/mol. The van der Waals surface area contributed by atoms with E-state index in [0.717, 1.165) is 35.9 Å². The number of thioether (sulfide) groups is 1. The van der Waals surface area contributed by atoms with Crippen molar-refractivity contribution in [3.63, 3.8) is 0 Å². The van der Waals surface area contributed by atoms with Gasteiger partial charge in [-0.05, 0) is 48.6 Å². The number of nitriles is 1. The van der Waals surface area contributed by atoms with E-state index in [2.05, 4.69) is 23.0 Å². The Morgan fingerprint density at radius 3 is 2.93 bits per heavy atom. The number of hydrogen-bond acceptors (Lipinski definition) is 5. The molecule has 1 N–H and O–H groups in total. The molecule has 1 atom stereocenters. The SMILES string of the molecule is CCCCc1ccc(C#N)c(SC2CC(=O)N(c3ccc4cc[nH]c4c3)C2=O)n1. The van der Waals surface area contributed by atoms with E-state index in [0.29, 0.717) is 16.3 Å². The lowest BCUT2D eigenvalue weighted by atomic mass is 10.2. The molecule has 2 aromatic heterocycles. The highest BCUT2D eigenvalue weighted by molar-refractivity contribution is 8.00. The van der Waals surface area contributed by atoms with Gasteiger partial charge in [0.05, 0.1) is 16.5 Å². The summed E-state index contributed by atoms with van der Waals surface area (Å²) in [4.78, 5) is 34.6. The third-order valence-corrected chi connectivity index (χ3v) is 6.17. The number of aromatic nitrogens is 2. The van der Waals surface area contributed by atoms with Gasteiger partial charge < -0.3 is 4.98 Å². The van der Waals surface area contributed by atoms with Crippen molar-refractivity contribution >= 4 is 40.2 Å². The van der Waals surface area contributed by atoms with Gasteiger partial charge in [0.25, 0.3) is 0 Å². The number of amides is 2. The zero-order valence-electron chi connectivity index (χ0n) is 16.0. The molecule has 1 fully saturated rings. The zero-order valence-corrected chi connectivity index (χ0v) is 16.8. The van der Waals surface area contributed by atoms with Crippen LogP contribution in [0.25, 0.3) is 10.9 Å². The molecule has 6 nitrogen and oxygen atoms in total. The lowest BCUT2D eigenvalue weighted by Gasteiger charge is -2.15. The average molecular weight is 404 g/mol. The summed E-state index contributed by atoms with van der Waals surface area (Å²) in [6.45, 7) is 2.11. The summed E-state index contributed by atoms with van der Waals surface area (Å²) < 4.78 is 0. The molecule has 2 amide bonds. The van der Waals surface area contributed by atoms with Crippen LogP contribution >= 0.6 is 11.8 Å². The second-order valence-corrected chi connectivity index (χ2v) is 8.19. The van der Waals surface area contributed by atoms with E-state index in [1.165, 1.54) is 16.7 Å². The van der Waals surface area contributed by atoms with Crippen molar-refractivity contribution in [2.24, 2.45) is 0 Å². The summed E-state index contributed by atoms with van der Waals surface area (Å²) in [5, 5.41) is 10.4. The van der Waals surface area contributed by atoms with E-state index in [4.69, 9.17) is 0 Å². The van der Waals surface area contributed by atoms with Gasteiger partial charge in [0.1, 0.15) is 11.1 Å². The highest BCUT2D eigenvalue weighted by Crippen LogP contribution is 2.35. The maximum absolute atomic E-state index is 13.0. The Hall–Kier alpha value is -3.11. The van der Waals surface area contributed by atoms with E-state index in [1.807, 2.05) is 30.5 Å². The molecule has 146 valence electrons. The van der Waals surface area contributed by atoms with Gasteiger partial charge in [0.15, 0.2) is 0 Å². The molecule has 1 aliphatic heterocycles. The summed E-state index contributed by atoms with van der Waals surface area (Å²) in [5.74, 6) is -0.505. The van der Waals surface area contributed by atoms with Crippen molar-refractivity contribution in [3.8, 4) is 6.07 Å². The minimum atomic E-state index is -0.581. The molecule has 3 aromatic rings. The number of rotatable bonds is 6. The van der Waals surface area contributed by atoms with Crippen LogP contribution in [-0.4, -0.2) is 27.0 Å². The van der Waals surface area contributed by atoms with Crippen LogP contribution in [-0.2, 0) is 16.0 Å². The molecule has 0 aliphatic carbocycles. The van der Waals surface area contributed by atoms with Crippen LogP contribution in [0.3, 0.4) is 0 Å². The molecule has 29 heavy (non-hydrogen) atoms. The van der Waals surface area contributed by atoms with Crippen LogP contribution in [0.1, 0.15) is 37.4 Å². The van der Waals surface area contributed by atoms with Crippen LogP contribution in [0, 0.1) is 11.3 Å². The smallest absolute Gasteiger partial charge is 0.247 e. The van der Waals surface area contributed by atoms with E-state index in [-0.39, 0.29) is 18.2 Å². The fourth-order valence-corrected chi connectivity index (χ4v) is 4.54. The van der Waals surface area contributed by atoms with Crippen molar-refractivity contribution in [1.82, 2.24) is 9.97 Å². The topological polar surface area (TPSA) is 89.9 Å². The molecule has 4 rings (SSSR count). The molecule has 0 saturated carbocycles. The molecule has 1 unspecified atom stereocenters. The highest BCUT2D eigenvalue weighted by Gasteiger charge is 2.40. The number of pyridine rings is 1. The third kappa shape index (κ3) is 3.76. The summed E-state index contributed by atoms with van der Waals surface area (Å²) >= 11 is 1.21. The molecule has 0 spiro atoms. The number of anilines is 1. The van der Waals surface area contributed by atoms with Crippen molar-refractivity contribution in [2.45, 2.75) is 42.9 Å². The number of carbonyl (C=O) groups is 2. The predicted molar refractivity (Wildman–Crippen MR) is 113 cm³/mol. The predicted octanol–water partition coefficient (Wildman–Crippen LogP) is 4.20. The number of hydrogen-bond donors (Lipinski definition) is 1. The van der Waals surface area contributed by atoms with Crippen LogP contribution in [0.4, 0.5) is 5.69 Å². The lowest BCUT2D eigenvalue weighted by Crippen LogP contribution is -2.31. The molecule has 7 heteroatoms. The Morgan fingerprint density at radius 1 is 1.28 bits per heavy atom. The first-order chi connectivity index (χ1) is 14.1. The summed E-state index contributed by atoms with van der Waals surface area (Å²) in [6.07, 6.45) is 4.81.